The molecule has 0 aliphatic heterocycles. The zero-order chi connectivity index (χ0) is 16.4. The van der Waals surface area contributed by atoms with Gasteiger partial charge in [0.05, 0.1) is 17.9 Å². The number of methoxy groups -OCH3 is 1. The molecule has 0 aromatic carbocycles. The molecule has 7 nitrogen and oxygen atoms in total. The highest BCUT2D eigenvalue weighted by Crippen LogP contribution is 2.24. The molecule has 2 aromatic heterocycles. The van der Waals surface area contributed by atoms with Crippen LogP contribution in [-0.4, -0.2) is 40.1 Å². The van der Waals surface area contributed by atoms with E-state index in [1.807, 2.05) is 14.0 Å². The number of ether oxygens (including phenoxy) is 1. The topological polar surface area (TPSA) is 82.2 Å². The second-order valence-corrected chi connectivity index (χ2v) is 6.03. The first-order chi connectivity index (χ1) is 11.1. The van der Waals surface area contributed by atoms with Crippen LogP contribution in [0.1, 0.15) is 41.9 Å². The Labute approximate surface area is 135 Å². The predicted octanol–water partition coefficient (Wildman–Crippen LogP) is 2.07. The molecule has 7 heteroatoms. The smallest absolute Gasteiger partial charge is 0.273 e. The summed E-state index contributed by atoms with van der Waals surface area (Å²) in [6.07, 6.45) is 5.83. The lowest BCUT2D eigenvalue weighted by molar-refractivity contribution is 0.0597. The molecular formula is C16H22N4O3. The zero-order valence-corrected chi connectivity index (χ0v) is 13.7. The molecule has 1 aliphatic carbocycles. The first-order valence-corrected chi connectivity index (χ1v) is 7.88. The third-order valence-corrected chi connectivity index (χ3v) is 4.59. The number of amides is 1. The van der Waals surface area contributed by atoms with E-state index in [0.29, 0.717) is 17.6 Å². The van der Waals surface area contributed by atoms with Crippen LogP contribution in [0.3, 0.4) is 0 Å². The Morgan fingerprint density at radius 2 is 2.13 bits per heavy atom. The Kier molecular flexibility index (Phi) is 4.47. The van der Waals surface area contributed by atoms with Crippen molar-refractivity contribution in [3.8, 4) is 11.3 Å². The molecule has 124 valence electrons. The highest BCUT2D eigenvalue weighted by atomic mass is 16.5. The lowest BCUT2D eigenvalue weighted by Crippen LogP contribution is -2.39. The van der Waals surface area contributed by atoms with E-state index in [2.05, 4.69) is 15.6 Å². The summed E-state index contributed by atoms with van der Waals surface area (Å²) < 4.78 is 12.4. The number of aromatic nitrogens is 3. The number of nitrogens with one attached hydrogen (secondary N) is 1. The maximum atomic E-state index is 12.3. The quantitative estimate of drug-likeness (QED) is 0.933. The molecule has 2 heterocycles. The molecular weight excluding hydrogens is 296 g/mol. The summed E-state index contributed by atoms with van der Waals surface area (Å²) in [5, 5.41) is 11.1. The summed E-state index contributed by atoms with van der Waals surface area (Å²) in [6.45, 7) is 1.94. The van der Waals surface area contributed by atoms with Crippen LogP contribution in [0.25, 0.3) is 11.3 Å². The van der Waals surface area contributed by atoms with Gasteiger partial charge in [-0.15, -0.1) is 0 Å². The summed E-state index contributed by atoms with van der Waals surface area (Å²) in [4.78, 5) is 12.3. The Morgan fingerprint density at radius 1 is 1.39 bits per heavy atom. The molecule has 0 atom stereocenters. The first-order valence-electron chi connectivity index (χ1n) is 7.88. The molecule has 23 heavy (non-hydrogen) atoms. The molecule has 0 saturated heterocycles. The molecule has 0 bridgehead atoms. The maximum Gasteiger partial charge on any atom is 0.273 e. The van der Waals surface area contributed by atoms with E-state index >= 15 is 0 Å². The van der Waals surface area contributed by atoms with Gasteiger partial charge < -0.3 is 14.6 Å². The molecule has 0 spiro atoms. The average molecular weight is 318 g/mol. The summed E-state index contributed by atoms with van der Waals surface area (Å²) in [5.41, 5.74) is 2.11. The van der Waals surface area contributed by atoms with Crippen molar-refractivity contribution in [1.82, 2.24) is 20.3 Å². The Hall–Kier alpha value is -2.15. The molecule has 3 rings (SSSR count). The number of aryl methyl sites for hydroxylation is 1. The van der Waals surface area contributed by atoms with Crippen LogP contribution in [-0.2, 0) is 11.8 Å². The lowest BCUT2D eigenvalue weighted by atomic mass is 9.93. The maximum absolute atomic E-state index is 12.3. The van der Waals surface area contributed by atoms with Crippen LogP contribution in [0.15, 0.2) is 16.8 Å². The van der Waals surface area contributed by atoms with Gasteiger partial charge in [-0.05, 0) is 32.6 Å². The van der Waals surface area contributed by atoms with Gasteiger partial charge in [-0.3, -0.25) is 9.48 Å². The highest BCUT2D eigenvalue weighted by molar-refractivity contribution is 5.93. The fourth-order valence-electron chi connectivity index (χ4n) is 2.95. The number of carbonyl (C=O) groups is 1. The van der Waals surface area contributed by atoms with Gasteiger partial charge in [-0.25, -0.2) is 0 Å². The number of carbonyl (C=O) groups excluding carboxylic acids is 1. The van der Waals surface area contributed by atoms with E-state index in [-0.39, 0.29) is 11.9 Å². The van der Waals surface area contributed by atoms with Gasteiger partial charge in [0.1, 0.15) is 0 Å². The van der Waals surface area contributed by atoms with Gasteiger partial charge >= 0.3 is 0 Å². The van der Waals surface area contributed by atoms with E-state index in [0.717, 1.165) is 36.9 Å². The van der Waals surface area contributed by atoms with Crippen molar-refractivity contribution in [1.29, 1.82) is 0 Å². The second kappa shape index (κ2) is 6.54. The minimum absolute atomic E-state index is 0.175. The van der Waals surface area contributed by atoms with E-state index in [1.165, 1.54) is 0 Å². The van der Waals surface area contributed by atoms with E-state index in [9.17, 15) is 4.79 Å². The Balaban J connectivity index is 1.64. The van der Waals surface area contributed by atoms with Gasteiger partial charge in [0.2, 0.25) is 0 Å². The Morgan fingerprint density at radius 3 is 2.74 bits per heavy atom. The third-order valence-electron chi connectivity index (χ3n) is 4.59. The summed E-state index contributed by atoms with van der Waals surface area (Å²) in [5.74, 6) is 0.367. The van der Waals surface area contributed by atoms with Crippen molar-refractivity contribution in [2.75, 3.05) is 7.11 Å². The summed E-state index contributed by atoms with van der Waals surface area (Å²) >= 11 is 0. The first kappa shape index (κ1) is 15.7. The van der Waals surface area contributed by atoms with Crippen molar-refractivity contribution in [3.05, 3.63) is 23.7 Å². The standard InChI is InChI=1S/C16H22N4O3/c1-10-13(9-17-20(10)2)15-8-14(19-23-15)16(21)18-11-4-6-12(22-3)7-5-11/h8-9,11-12H,4-7H2,1-3H3,(H,18,21). The number of nitrogens with zero attached hydrogens (tertiary/aromatic N) is 3. The van der Waals surface area contributed by atoms with Crippen LogP contribution in [0, 0.1) is 6.92 Å². The van der Waals surface area contributed by atoms with Crippen LogP contribution in [0.5, 0.6) is 0 Å². The zero-order valence-electron chi connectivity index (χ0n) is 13.7. The molecule has 1 N–H and O–H groups in total. The molecule has 1 fully saturated rings. The monoisotopic (exact) mass is 318 g/mol. The van der Waals surface area contributed by atoms with E-state index in [1.54, 1.807) is 24.1 Å². The van der Waals surface area contributed by atoms with Gasteiger partial charge in [-0.1, -0.05) is 5.16 Å². The molecule has 1 saturated carbocycles. The summed E-state index contributed by atoms with van der Waals surface area (Å²) in [7, 11) is 3.60. The van der Waals surface area contributed by atoms with E-state index < -0.39 is 0 Å². The third kappa shape index (κ3) is 3.29. The normalized spacial score (nSPS) is 21.3. The Bertz CT molecular complexity index is 683. The van der Waals surface area contributed by atoms with Crippen molar-refractivity contribution in [2.24, 2.45) is 7.05 Å². The van der Waals surface area contributed by atoms with E-state index in [4.69, 9.17) is 9.26 Å². The molecule has 0 unspecified atom stereocenters. The van der Waals surface area contributed by atoms with Crippen LogP contribution in [0.4, 0.5) is 0 Å². The lowest BCUT2D eigenvalue weighted by Gasteiger charge is -2.27. The number of rotatable bonds is 4. The average Bonchev–Trinajstić information content (AvgIpc) is 3.16. The second-order valence-electron chi connectivity index (χ2n) is 6.03. The number of hydrogen-bond donors (Lipinski definition) is 1. The van der Waals surface area contributed by atoms with Gasteiger partial charge in [0, 0.05) is 32.0 Å². The SMILES string of the molecule is COC1CCC(NC(=O)c2cc(-c3cnn(C)c3C)on2)CC1. The van der Waals surface area contributed by atoms with Gasteiger partial charge in [0.15, 0.2) is 11.5 Å². The molecule has 0 radical (unpaired) electrons. The highest BCUT2D eigenvalue weighted by Gasteiger charge is 2.24. The van der Waals surface area contributed by atoms with Gasteiger partial charge in [0.25, 0.3) is 5.91 Å². The van der Waals surface area contributed by atoms with Crippen molar-refractivity contribution in [3.63, 3.8) is 0 Å². The minimum atomic E-state index is -0.192. The predicted molar refractivity (Wildman–Crippen MR) is 84.0 cm³/mol. The minimum Gasteiger partial charge on any atom is -0.381 e. The summed E-state index contributed by atoms with van der Waals surface area (Å²) in [6, 6.07) is 1.84. The van der Waals surface area contributed by atoms with Crippen molar-refractivity contribution in [2.45, 2.75) is 44.8 Å². The molecule has 1 amide bonds. The molecule has 2 aromatic rings. The fraction of sp³-hybridized carbons (Fsp3) is 0.562. The van der Waals surface area contributed by atoms with Crippen LogP contribution in [0.2, 0.25) is 0 Å². The van der Waals surface area contributed by atoms with Crippen molar-refractivity contribution < 1.29 is 14.1 Å². The number of hydrogen-bond acceptors (Lipinski definition) is 5. The van der Waals surface area contributed by atoms with Crippen LogP contribution < -0.4 is 5.32 Å². The van der Waals surface area contributed by atoms with Gasteiger partial charge in [-0.2, -0.15) is 5.10 Å². The fourth-order valence-corrected chi connectivity index (χ4v) is 2.95. The van der Waals surface area contributed by atoms with Crippen LogP contribution >= 0.6 is 0 Å². The van der Waals surface area contributed by atoms with Crippen molar-refractivity contribution >= 4 is 5.91 Å². The largest absolute Gasteiger partial charge is 0.381 e. The molecule has 1 aliphatic rings.